The molecule has 1 aromatic heterocycles. The normalized spacial score (nSPS) is 10.5. The molecule has 1 N–H and O–H groups in total. The van der Waals surface area contributed by atoms with E-state index in [0.717, 1.165) is 16.9 Å². The summed E-state index contributed by atoms with van der Waals surface area (Å²) in [4.78, 5) is 18.8. The highest BCUT2D eigenvalue weighted by molar-refractivity contribution is 5.66. The van der Waals surface area contributed by atoms with Crippen molar-refractivity contribution in [3.8, 4) is 16.9 Å². The standard InChI is InChI=1S/C20H27N3O6/c1-21-20(24)29-13-11-27-9-7-25-6-8-26-10-12-28-19-4-2-17(3-5-19)18-14-22-16-23-15-18/h2-5,14-16H,6-13H2,1H3,(H,21,24). The molecule has 1 amide bonds. The molecule has 2 rings (SSSR count). The van der Waals surface area contributed by atoms with E-state index in [4.69, 9.17) is 23.7 Å². The SMILES string of the molecule is CNC(=O)OCCOCCOCCOCCOc1ccc(-c2cncnc2)cc1. The van der Waals surface area contributed by atoms with Crippen molar-refractivity contribution in [2.75, 3.05) is 59.9 Å². The first kappa shape index (κ1) is 22.5. The van der Waals surface area contributed by atoms with Gasteiger partial charge in [0, 0.05) is 25.0 Å². The maximum Gasteiger partial charge on any atom is 0.406 e. The van der Waals surface area contributed by atoms with Crippen LogP contribution in [0.4, 0.5) is 4.79 Å². The molecule has 9 heteroatoms. The fourth-order valence-corrected chi connectivity index (χ4v) is 2.22. The van der Waals surface area contributed by atoms with E-state index in [-0.39, 0.29) is 6.61 Å². The van der Waals surface area contributed by atoms with E-state index in [0.29, 0.717) is 46.2 Å². The summed E-state index contributed by atoms with van der Waals surface area (Å²) in [6.45, 7) is 3.34. The predicted molar refractivity (Wildman–Crippen MR) is 106 cm³/mol. The molecule has 0 spiro atoms. The third-order valence-corrected chi connectivity index (χ3v) is 3.65. The van der Waals surface area contributed by atoms with Gasteiger partial charge >= 0.3 is 6.09 Å². The number of amides is 1. The minimum Gasteiger partial charge on any atom is -0.491 e. The van der Waals surface area contributed by atoms with Crippen molar-refractivity contribution in [2.24, 2.45) is 0 Å². The first-order valence-corrected chi connectivity index (χ1v) is 9.35. The van der Waals surface area contributed by atoms with Crippen LogP contribution in [0, 0.1) is 0 Å². The van der Waals surface area contributed by atoms with Crippen LogP contribution in [0.5, 0.6) is 5.75 Å². The first-order chi connectivity index (χ1) is 14.3. The number of rotatable bonds is 14. The van der Waals surface area contributed by atoms with Gasteiger partial charge < -0.3 is 29.0 Å². The van der Waals surface area contributed by atoms with Crippen LogP contribution in [-0.4, -0.2) is 76.0 Å². The largest absolute Gasteiger partial charge is 0.491 e. The lowest BCUT2D eigenvalue weighted by molar-refractivity contribution is 0.00204. The Hall–Kier alpha value is -2.75. The van der Waals surface area contributed by atoms with E-state index in [1.54, 1.807) is 12.4 Å². The van der Waals surface area contributed by atoms with Crippen LogP contribution in [0.25, 0.3) is 11.1 Å². The molecule has 0 fully saturated rings. The Labute approximate surface area is 170 Å². The van der Waals surface area contributed by atoms with Crippen LogP contribution >= 0.6 is 0 Å². The predicted octanol–water partition coefficient (Wildman–Crippen LogP) is 1.93. The van der Waals surface area contributed by atoms with Crippen LogP contribution in [-0.2, 0) is 18.9 Å². The summed E-state index contributed by atoms with van der Waals surface area (Å²) >= 11 is 0. The molecule has 0 unspecified atom stereocenters. The highest BCUT2D eigenvalue weighted by Gasteiger charge is 2.00. The number of carbonyl (C=O) groups is 1. The average molecular weight is 405 g/mol. The van der Waals surface area contributed by atoms with Crippen molar-refractivity contribution < 1.29 is 28.5 Å². The molecule has 158 valence electrons. The van der Waals surface area contributed by atoms with Gasteiger partial charge in [-0.05, 0) is 17.7 Å². The topological polar surface area (TPSA) is 101 Å². The van der Waals surface area contributed by atoms with Gasteiger partial charge in [-0.25, -0.2) is 14.8 Å². The number of hydrogen-bond acceptors (Lipinski definition) is 8. The Bertz CT molecular complexity index is 684. The van der Waals surface area contributed by atoms with Gasteiger partial charge in [0.1, 0.15) is 25.3 Å². The Morgan fingerprint density at radius 2 is 1.34 bits per heavy atom. The third kappa shape index (κ3) is 9.84. The summed E-state index contributed by atoms with van der Waals surface area (Å²) in [5, 5.41) is 2.35. The summed E-state index contributed by atoms with van der Waals surface area (Å²) in [7, 11) is 1.50. The van der Waals surface area contributed by atoms with Crippen LogP contribution in [0.3, 0.4) is 0 Å². The second kappa shape index (κ2) is 14.3. The number of hydrogen-bond donors (Lipinski definition) is 1. The molecule has 9 nitrogen and oxygen atoms in total. The molecule has 0 atom stereocenters. The maximum absolute atomic E-state index is 10.8. The van der Waals surface area contributed by atoms with Crippen molar-refractivity contribution in [1.29, 1.82) is 0 Å². The van der Waals surface area contributed by atoms with E-state index in [1.807, 2.05) is 24.3 Å². The van der Waals surface area contributed by atoms with Gasteiger partial charge in [0.15, 0.2) is 0 Å². The second-order valence-corrected chi connectivity index (χ2v) is 5.72. The minimum atomic E-state index is -0.467. The monoisotopic (exact) mass is 405 g/mol. The first-order valence-electron chi connectivity index (χ1n) is 9.35. The van der Waals surface area contributed by atoms with Crippen molar-refractivity contribution in [3.05, 3.63) is 43.0 Å². The molecule has 0 saturated carbocycles. The van der Waals surface area contributed by atoms with E-state index < -0.39 is 6.09 Å². The van der Waals surface area contributed by atoms with Crippen molar-refractivity contribution in [2.45, 2.75) is 0 Å². The molecule has 0 aliphatic heterocycles. The van der Waals surface area contributed by atoms with E-state index in [9.17, 15) is 4.79 Å². The zero-order valence-corrected chi connectivity index (χ0v) is 16.5. The van der Waals surface area contributed by atoms with E-state index >= 15 is 0 Å². The maximum atomic E-state index is 10.8. The molecule has 0 bridgehead atoms. The number of nitrogens with zero attached hydrogens (tertiary/aromatic N) is 2. The van der Waals surface area contributed by atoms with Crippen LogP contribution in [0.1, 0.15) is 0 Å². The quantitative estimate of drug-likeness (QED) is 0.476. The lowest BCUT2D eigenvalue weighted by Gasteiger charge is -2.09. The number of aromatic nitrogens is 2. The second-order valence-electron chi connectivity index (χ2n) is 5.72. The highest BCUT2D eigenvalue weighted by Crippen LogP contribution is 2.20. The molecular weight excluding hydrogens is 378 g/mol. The number of ether oxygens (including phenoxy) is 5. The number of carbonyl (C=O) groups excluding carboxylic acids is 1. The third-order valence-electron chi connectivity index (χ3n) is 3.65. The molecule has 1 heterocycles. The highest BCUT2D eigenvalue weighted by atomic mass is 16.6. The number of alkyl carbamates (subject to hydrolysis) is 1. The summed E-state index contributed by atoms with van der Waals surface area (Å²) in [6, 6.07) is 7.75. The smallest absolute Gasteiger partial charge is 0.406 e. The lowest BCUT2D eigenvalue weighted by atomic mass is 10.1. The van der Waals surface area contributed by atoms with Crippen LogP contribution in [0.2, 0.25) is 0 Å². The molecule has 2 aromatic rings. The van der Waals surface area contributed by atoms with Crippen molar-refractivity contribution >= 4 is 6.09 Å². The van der Waals surface area contributed by atoms with Gasteiger partial charge in [-0.1, -0.05) is 12.1 Å². The average Bonchev–Trinajstić information content (AvgIpc) is 2.77. The summed E-state index contributed by atoms with van der Waals surface area (Å²) in [5.41, 5.74) is 2.00. The van der Waals surface area contributed by atoms with Crippen molar-refractivity contribution in [3.63, 3.8) is 0 Å². The molecule has 0 saturated heterocycles. The Balaban J connectivity index is 1.41. The molecule has 1 aromatic carbocycles. The Morgan fingerprint density at radius 1 is 0.793 bits per heavy atom. The molecule has 0 aliphatic rings. The van der Waals surface area contributed by atoms with Crippen molar-refractivity contribution in [1.82, 2.24) is 15.3 Å². The van der Waals surface area contributed by atoms with Gasteiger partial charge in [0.25, 0.3) is 0 Å². The lowest BCUT2D eigenvalue weighted by Crippen LogP contribution is -2.21. The number of benzene rings is 1. The molecule has 29 heavy (non-hydrogen) atoms. The van der Waals surface area contributed by atoms with Crippen LogP contribution < -0.4 is 10.1 Å². The Kier molecular flexibility index (Phi) is 11.1. The van der Waals surface area contributed by atoms with Gasteiger partial charge in [-0.2, -0.15) is 0 Å². The summed E-state index contributed by atoms with van der Waals surface area (Å²) < 4.78 is 26.5. The summed E-state index contributed by atoms with van der Waals surface area (Å²) in [6.07, 6.45) is 4.58. The molecular formula is C20H27N3O6. The molecule has 0 radical (unpaired) electrons. The van der Waals surface area contributed by atoms with Gasteiger partial charge in [-0.15, -0.1) is 0 Å². The van der Waals surface area contributed by atoms with E-state index in [1.165, 1.54) is 13.4 Å². The van der Waals surface area contributed by atoms with Gasteiger partial charge in [0.05, 0.1) is 39.6 Å². The van der Waals surface area contributed by atoms with E-state index in [2.05, 4.69) is 15.3 Å². The fourth-order valence-electron chi connectivity index (χ4n) is 2.22. The fraction of sp³-hybridized carbons (Fsp3) is 0.450. The summed E-state index contributed by atoms with van der Waals surface area (Å²) in [5.74, 6) is 0.781. The van der Waals surface area contributed by atoms with Gasteiger partial charge in [0.2, 0.25) is 0 Å². The molecule has 0 aliphatic carbocycles. The zero-order chi connectivity index (χ0) is 20.6. The minimum absolute atomic E-state index is 0.214. The van der Waals surface area contributed by atoms with Gasteiger partial charge in [-0.3, -0.25) is 0 Å². The number of nitrogens with one attached hydrogen (secondary N) is 1. The van der Waals surface area contributed by atoms with Crippen LogP contribution in [0.15, 0.2) is 43.0 Å². The Morgan fingerprint density at radius 3 is 1.93 bits per heavy atom. The zero-order valence-electron chi connectivity index (χ0n) is 16.5.